The number of rotatable bonds is 18. The van der Waals surface area contributed by atoms with Gasteiger partial charge in [0.05, 0.1) is 25.7 Å². The second kappa shape index (κ2) is 17.8. The third-order valence-electron chi connectivity index (χ3n) is 7.88. The maximum Gasteiger partial charge on any atom is 0.408 e. The highest BCUT2D eigenvalue weighted by Gasteiger charge is 2.50. The van der Waals surface area contributed by atoms with E-state index >= 15 is 0 Å². The van der Waals surface area contributed by atoms with Gasteiger partial charge in [-0.25, -0.2) is 4.79 Å². The van der Waals surface area contributed by atoms with Crippen LogP contribution in [0.4, 0.5) is 4.79 Å². The maximum atomic E-state index is 13.9. The first-order valence-electron chi connectivity index (χ1n) is 16.2. The molecule has 48 heavy (non-hydrogen) atoms. The van der Waals surface area contributed by atoms with E-state index in [-0.39, 0.29) is 38.4 Å². The molecule has 0 unspecified atom stereocenters. The second-order valence-corrected chi connectivity index (χ2v) is 11.9. The van der Waals surface area contributed by atoms with Gasteiger partial charge < -0.3 is 30.2 Å². The Morgan fingerprint density at radius 3 is 1.75 bits per heavy atom. The van der Waals surface area contributed by atoms with Gasteiger partial charge in [-0.05, 0) is 36.5 Å². The highest BCUT2D eigenvalue weighted by Crippen LogP contribution is 2.29. The van der Waals surface area contributed by atoms with Crippen LogP contribution >= 0.6 is 0 Å². The summed E-state index contributed by atoms with van der Waals surface area (Å²) in [6.07, 6.45) is 0.330. The summed E-state index contributed by atoms with van der Waals surface area (Å²) in [7, 11) is 0. The number of nitrogens with one attached hydrogen (secondary N) is 3. The van der Waals surface area contributed by atoms with Crippen LogP contribution < -0.4 is 16.0 Å². The molecule has 3 amide bonds. The average Bonchev–Trinajstić information content (AvgIpc) is 3.85. The summed E-state index contributed by atoms with van der Waals surface area (Å²) >= 11 is 0. The molecule has 11 heteroatoms. The number of epoxide rings is 1. The van der Waals surface area contributed by atoms with E-state index in [1.165, 1.54) is 0 Å². The van der Waals surface area contributed by atoms with E-state index in [0.717, 1.165) is 23.1 Å². The van der Waals surface area contributed by atoms with Crippen LogP contribution in [0.5, 0.6) is 0 Å². The van der Waals surface area contributed by atoms with Crippen molar-refractivity contribution in [2.45, 2.75) is 76.3 Å². The van der Waals surface area contributed by atoms with E-state index in [0.29, 0.717) is 6.42 Å². The number of carbonyl (C=O) groups excluding carboxylic acids is 5. The lowest BCUT2D eigenvalue weighted by molar-refractivity contribution is -0.146. The zero-order valence-corrected chi connectivity index (χ0v) is 27.3. The fourth-order valence-corrected chi connectivity index (χ4v) is 4.95. The summed E-state index contributed by atoms with van der Waals surface area (Å²) in [5.74, 6) is -2.37. The van der Waals surface area contributed by atoms with Crippen molar-refractivity contribution in [3.05, 3.63) is 108 Å². The first-order valence-corrected chi connectivity index (χ1v) is 16.2. The van der Waals surface area contributed by atoms with E-state index in [9.17, 15) is 24.0 Å². The molecule has 3 N–H and O–H groups in total. The van der Waals surface area contributed by atoms with Crippen LogP contribution in [-0.2, 0) is 52.8 Å². The SMILES string of the molecule is CCCCOC(=O)C[C@H](NC(=O)OCc1ccccc1)C(=O)N[C@@H](Cc1ccccc1)C(=O)N[C@@H](Cc1ccccc1)C(=O)[C@@]1(C)CO1. The van der Waals surface area contributed by atoms with Crippen molar-refractivity contribution in [1.29, 1.82) is 0 Å². The number of unbranched alkanes of at least 4 members (excludes halogenated alkanes) is 1. The van der Waals surface area contributed by atoms with Crippen LogP contribution in [0.1, 0.15) is 49.8 Å². The molecule has 0 saturated carbocycles. The Labute approximate surface area is 280 Å². The first-order chi connectivity index (χ1) is 23.2. The second-order valence-electron chi connectivity index (χ2n) is 11.9. The molecule has 1 fully saturated rings. The van der Waals surface area contributed by atoms with E-state index in [4.69, 9.17) is 14.2 Å². The molecule has 1 aliphatic rings. The molecule has 0 bridgehead atoms. The van der Waals surface area contributed by atoms with Gasteiger partial charge in [-0.1, -0.05) is 104 Å². The number of esters is 1. The largest absolute Gasteiger partial charge is 0.466 e. The summed E-state index contributed by atoms with van der Waals surface area (Å²) < 4.78 is 16.0. The molecule has 11 nitrogen and oxygen atoms in total. The van der Waals surface area contributed by atoms with Gasteiger partial charge in [0.15, 0.2) is 5.78 Å². The Kier molecular flexibility index (Phi) is 13.3. The molecule has 1 aliphatic heterocycles. The van der Waals surface area contributed by atoms with Gasteiger partial charge in [0.2, 0.25) is 11.8 Å². The minimum absolute atomic E-state index is 0.0551. The van der Waals surface area contributed by atoms with Crippen molar-refractivity contribution in [3.8, 4) is 0 Å². The monoisotopic (exact) mass is 657 g/mol. The van der Waals surface area contributed by atoms with E-state index in [2.05, 4.69) is 16.0 Å². The minimum Gasteiger partial charge on any atom is -0.466 e. The van der Waals surface area contributed by atoms with Crippen LogP contribution in [0.2, 0.25) is 0 Å². The van der Waals surface area contributed by atoms with E-state index in [1.807, 2.05) is 49.4 Å². The quantitative estimate of drug-likeness (QED) is 0.106. The molecular formula is C37H43N3O8. The molecule has 3 aromatic carbocycles. The lowest BCUT2D eigenvalue weighted by Crippen LogP contribution is -2.58. The number of ketones is 1. The lowest BCUT2D eigenvalue weighted by Gasteiger charge is -2.26. The number of Topliss-reactive ketones (excluding diaryl/α,β-unsaturated/α-hetero) is 1. The molecule has 254 valence electrons. The summed E-state index contributed by atoms with van der Waals surface area (Å²) in [6.45, 7) is 3.98. The predicted molar refractivity (Wildman–Crippen MR) is 178 cm³/mol. The molecule has 1 saturated heterocycles. The number of alkyl carbamates (subject to hydrolysis) is 1. The molecule has 0 aromatic heterocycles. The fraction of sp³-hybridized carbons (Fsp3) is 0.378. The first kappa shape index (κ1) is 35.8. The average molecular weight is 658 g/mol. The zero-order chi connectivity index (χ0) is 34.4. The van der Waals surface area contributed by atoms with Crippen molar-refractivity contribution in [2.75, 3.05) is 13.2 Å². The van der Waals surface area contributed by atoms with Crippen molar-refractivity contribution >= 4 is 29.7 Å². The van der Waals surface area contributed by atoms with Crippen molar-refractivity contribution in [3.63, 3.8) is 0 Å². The van der Waals surface area contributed by atoms with Crippen LogP contribution in [0.15, 0.2) is 91.0 Å². The Morgan fingerprint density at radius 2 is 1.21 bits per heavy atom. The normalized spacial score (nSPS) is 16.8. The van der Waals surface area contributed by atoms with Gasteiger partial charge >= 0.3 is 12.1 Å². The topological polar surface area (TPSA) is 152 Å². The van der Waals surface area contributed by atoms with E-state index < -0.39 is 54.0 Å². The standard InChI is InChI=1S/C37H43N3O8/c1-3-4-20-46-32(41)23-31(40-36(45)47-24-28-18-12-7-13-19-28)35(44)39-30(22-27-16-10-6-11-17-27)34(43)38-29(33(42)37(2)25-48-37)21-26-14-8-5-9-15-26/h5-19,29-31H,3-4,20-25H2,1-2H3,(H,38,43)(H,39,44)(H,40,45)/t29-,30-,31-,37+/m0/s1. The third kappa shape index (κ3) is 11.3. The van der Waals surface area contributed by atoms with Gasteiger partial charge in [0.25, 0.3) is 0 Å². The van der Waals surface area contributed by atoms with Crippen molar-refractivity contribution in [2.24, 2.45) is 0 Å². The van der Waals surface area contributed by atoms with Crippen LogP contribution in [0.25, 0.3) is 0 Å². The summed E-state index contributed by atoms with van der Waals surface area (Å²) in [6, 6.07) is 23.8. The molecular weight excluding hydrogens is 614 g/mol. The number of carbonyl (C=O) groups is 5. The predicted octanol–water partition coefficient (Wildman–Crippen LogP) is 3.83. The third-order valence-corrected chi connectivity index (χ3v) is 7.88. The molecule has 3 aromatic rings. The maximum absolute atomic E-state index is 13.9. The number of ether oxygens (including phenoxy) is 3. The van der Waals surface area contributed by atoms with Crippen LogP contribution in [0.3, 0.4) is 0 Å². The van der Waals surface area contributed by atoms with Gasteiger partial charge in [0.1, 0.15) is 24.3 Å². The van der Waals surface area contributed by atoms with Crippen molar-refractivity contribution in [1.82, 2.24) is 16.0 Å². The highest BCUT2D eigenvalue weighted by atomic mass is 16.6. The molecule has 0 radical (unpaired) electrons. The summed E-state index contributed by atoms with van der Waals surface area (Å²) in [4.78, 5) is 66.6. The van der Waals surface area contributed by atoms with Crippen molar-refractivity contribution < 1.29 is 38.2 Å². The number of hydrogen-bond acceptors (Lipinski definition) is 8. The number of hydrogen-bond donors (Lipinski definition) is 3. The Balaban J connectivity index is 1.52. The van der Waals surface area contributed by atoms with E-state index in [1.54, 1.807) is 55.5 Å². The van der Waals surface area contributed by atoms with Gasteiger partial charge in [-0.2, -0.15) is 0 Å². The molecule has 0 aliphatic carbocycles. The molecule has 4 atom stereocenters. The van der Waals surface area contributed by atoms with Crippen LogP contribution in [-0.4, -0.2) is 66.6 Å². The Hall–Kier alpha value is -5.03. The lowest BCUT2D eigenvalue weighted by atomic mass is 9.94. The smallest absolute Gasteiger partial charge is 0.408 e. The molecule has 1 heterocycles. The highest BCUT2D eigenvalue weighted by molar-refractivity contribution is 5.99. The van der Waals surface area contributed by atoms with Gasteiger partial charge in [-0.15, -0.1) is 0 Å². The number of benzene rings is 3. The Bertz CT molecular complexity index is 1510. The summed E-state index contributed by atoms with van der Waals surface area (Å²) in [5.41, 5.74) is 1.31. The fourth-order valence-electron chi connectivity index (χ4n) is 4.95. The minimum atomic E-state index is -1.41. The van der Waals surface area contributed by atoms with Gasteiger partial charge in [0, 0.05) is 6.42 Å². The molecule has 0 spiro atoms. The molecule has 4 rings (SSSR count). The summed E-state index contributed by atoms with van der Waals surface area (Å²) in [5, 5.41) is 8.01. The zero-order valence-electron chi connectivity index (χ0n) is 27.3. The van der Waals surface area contributed by atoms with Crippen LogP contribution in [0, 0.1) is 0 Å². The van der Waals surface area contributed by atoms with Gasteiger partial charge in [-0.3, -0.25) is 19.2 Å². The number of amides is 3. The Morgan fingerprint density at radius 1 is 0.708 bits per heavy atom.